The highest BCUT2D eigenvalue weighted by molar-refractivity contribution is 7.61. The van der Waals surface area contributed by atoms with Crippen molar-refractivity contribution in [1.82, 2.24) is 14.9 Å². The third kappa shape index (κ3) is 7.22. The quantitative estimate of drug-likeness (QED) is 0.129. The minimum Gasteiger partial charge on any atom is -0.388 e. The topological polar surface area (TPSA) is 286 Å². The average Bonchev–Trinajstić information content (AvgIpc) is 3.06. The Morgan fingerprint density at radius 3 is 2.34 bits per heavy atom. The molecule has 2 unspecified atom stereocenters. The van der Waals surface area contributed by atoms with Gasteiger partial charge in [0.1, 0.15) is 36.6 Å². The van der Waals surface area contributed by atoms with E-state index in [4.69, 9.17) is 14.0 Å². The minimum atomic E-state index is -5.53. The number of aliphatic hydroxyl groups is 4. The van der Waals surface area contributed by atoms with Crippen LogP contribution in [0.1, 0.15) is 20.1 Å². The number of phosphoric acid groups is 2. The number of nitrogens with zero attached hydrogens (tertiary/aromatic N) is 1. The second-order valence-electron chi connectivity index (χ2n) is 8.40. The number of H-pyrrole nitrogens is 1. The number of hydrogen-bond donors (Lipinski definition) is 8. The van der Waals surface area contributed by atoms with Gasteiger partial charge in [0, 0.05) is 19.2 Å². The molecule has 1 amide bonds. The molecule has 216 valence electrons. The number of phosphoric ester groups is 2. The van der Waals surface area contributed by atoms with E-state index in [1.165, 1.54) is 6.92 Å². The highest BCUT2D eigenvalue weighted by Gasteiger charge is 2.49. The second kappa shape index (κ2) is 11.7. The number of aromatic nitrogens is 2. The first-order valence-electron chi connectivity index (χ1n) is 10.8. The highest BCUT2D eigenvalue weighted by atomic mass is 31.3. The lowest BCUT2D eigenvalue weighted by molar-refractivity contribution is -0.236. The van der Waals surface area contributed by atoms with Gasteiger partial charge in [-0.15, -0.1) is 0 Å². The van der Waals surface area contributed by atoms with Crippen LogP contribution in [0.4, 0.5) is 0 Å². The molecule has 3 rings (SSSR count). The molecule has 2 fully saturated rings. The summed E-state index contributed by atoms with van der Waals surface area (Å²) in [7, 11) is -11.0. The van der Waals surface area contributed by atoms with Crippen molar-refractivity contribution in [3.8, 4) is 0 Å². The van der Waals surface area contributed by atoms with Gasteiger partial charge in [-0.25, -0.2) is 13.9 Å². The number of carbonyl (C=O) groups is 1. The van der Waals surface area contributed by atoms with Gasteiger partial charge in [-0.2, -0.15) is 4.31 Å². The molecule has 0 aliphatic carbocycles. The molecule has 19 nitrogen and oxygen atoms in total. The van der Waals surface area contributed by atoms with Gasteiger partial charge < -0.3 is 45.0 Å². The van der Waals surface area contributed by atoms with E-state index in [1.807, 2.05) is 4.98 Å². The fraction of sp³-hybridized carbons (Fsp3) is 0.706. The van der Waals surface area contributed by atoms with Crippen molar-refractivity contribution < 1.29 is 67.0 Å². The number of rotatable bonds is 9. The summed E-state index contributed by atoms with van der Waals surface area (Å²) in [4.78, 5) is 56.4. The number of aromatic amines is 1. The van der Waals surface area contributed by atoms with Crippen LogP contribution in [0.15, 0.2) is 21.9 Å². The largest absolute Gasteiger partial charge is 0.483 e. The summed E-state index contributed by atoms with van der Waals surface area (Å²) in [5.74, 6) is -0.738. The van der Waals surface area contributed by atoms with Crippen molar-refractivity contribution in [3.05, 3.63) is 33.1 Å². The molecule has 0 bridgehead atoms. The number of hydrogen-bond acceptors (Lipinski definition) is 14. The zero-order chi connectivity index (χ0) is 28.6. The summed E-state index contributed by atoms with van der Waals surface area (Å²) < 4.78 is 49.4. The number of aliphatic hydroxyl groups excluding tert-OH is 4. The SMILES string of the molecule is CC(=O)N[C@H]1[C@@H](OP(=O)(O)OP(=O)(O)OC[C@H]2O[C@@H](n3ccc(=O)[nH]c3=O)[C@H](O)[C@@H]2O)O[C@H](C)[C@H](O)[C@@H]1O. The molecule has 2 aliphatic heterocycles. The Bertz CT molecular complexity index is 1220. The third-order valence-electron chi connectivity index (χ3n) is 5.52. The van der Waals surface area contributed by atoms with Crippen molar-refractivity contribution in [1.29, 1.82) is 0 Å². The van der Waals surface area contributed by atoms with Gasteiger partial charge >= 0.3 is 21.3 Å². The van der Waals surface area contributed by atoms with E-state index >= 15 is 0 Å². The van der Waals surface area contributed by atoms with Crippen LogP contribution in [0.5, 0.6) is 0 Å². The molecule has 1 aromatic heterocycles. The highest BCUT2D eigenvalue weighted by Crippen LogP contribution is 2.61. The Balaban J connectivity index is 1.64. The standard InChI is InChI=1S/C17H27N3O16P2/c1-6-11(23)13(25)10(18-7(2)21)16(33-6)35-38(30,31)36-37(28,29)32-5-8-12(24)14(26)15(34-8)20-4-3-9(22)19-17(20)27/h3-4,6,8,10-16,23-26H,5H2,1-2H3,(H,18,21)(H,28,29)(H,30,31)(H,19,22,27)/t6-,8-,10-,11+,12-,13-,14-,15-,16-/m1/s1. The van der Waals surface area contributed by atoms with Crippen LogP contribution in [0, 0.1) is 0 Å². The molecule has 8 N–H and O–H groups in total. The summed E-state index contributed by atoms with van der Waals surface area (Å²) in [5.41, 5.74) is -1.73. The summed E-state index contributed by atoms with van der Waals surface area (Å²) in [5, 5.41) is 42.6. The van der Waals surface area contributed by atoms with Crippen molar-refractivity contribution in [3.63, 3.8) is 0 Å². The molecule has 0 aromatic carbocycles. The monoisotopic (exact) mass is 591 g/mol. The van der Waals surface area contributed by atoms with Crippen LogP contribution in [-0.4, -0.2) is 101 Å². The first-order valence-corrected chi connectivity index (χ1v) is 13.8. The summed E-state index contributed by atoms with van der Waals surface area (Å²) >= 11 is 0. The number of amides is 1. The van der Waals surface area contributed by atoms with Crippen molar-refractivity contribution in [2.24, 2.45) is 0 Å². The Kier molecular flexibility index (Phi) is 9.48. The van der Waals surface area contributed by atoms with E-state index in [1.54, 1.807) is 0 Å². The Labute approximate surface area is 212 Å². The zero-order valence-corrected chi connectivity index (χ0v) is 21.5. The number of ether oxygens (including phenoxy) is 2. The van der Waals surface area contributed by atoms with Crippen molar-refractivity contribution >= 4 is 21.6 Å². The van der Waals surface area contributed by atoms with Crippen LogP contribution in [0.25, 0.3) is 0 Å². The normalized spacial score (nSPS) is 36.8. The number of carbonyl (C=O) groups excluding carboxylic acids is 1. The smallest absolute Gasteiger partial charge is 0.388 e. The molecule has 3 heterocycles. The van der Waals surface area contributed by atoms with E-state index in [-0.39, 0.29) is 0 Å². The third-order valence-corrected chi connectivity index (χ3v) is 8.12. The van der Waals surface area contributed by atoms with Gasteiger partial charge in [-0.05, 0) is 6.92 Å². The summed E-state index contributed by atoms with van der Waals surface area (Å²) in [6, 6.07) is -0.645. The molecule has 0 radical (unpaired) electrons. The summed E-state index contributed by atoms with van der Waals surface area (Å²) in [6.07, 6.45) is -12.0. The minimum absolute atomic E-state index is 0.738. The average molecular weight is 591 g/mol. The lowest BCUT2D eigenvalue weighted by atomic mass is 9.98. The maximum atomic E-state index is 12.4. The van der Waals surface area contributed by atoms with Gasteiger partial charge in [0.05, 0.1) is 12.7 Å². The maximum absolute atomic E-state index is 12.4. The van der Waals surface area contributed by atoms with Gasteiger partial charge in [-0.3, -0.25) is 28.2 Å². The Morgan fingerprint density at radius 1 is 1.08 bits per heavy atom. The first-order chi connectivity index (χ1) is 17.5. The summed E-state index contributed by atoms with van der Waals surface area (Å²) in [6.45, 7) is 1.30. The van der Waals surface area contributed by atoms with E-state index in [0.29, 0.717) is 0 Å². The molecule has 0 spiro atoms. The van der Waals surface area contributed by atoms with E-state index in [9.17, 15) is 53.7 Å². The predicted octanol–water partition coefficient (Wildman–Crippen LogP) is -3.62. The molecule has 11 atom stereocenters. The van der Waals surface area contributed by atoms with Crippen LogP contribution < -0.4 is 16.6 Å². The van der Waals surface area contributed by atoms with Gasteiger partial charge in [0.25, 0.3) is 5.56 Å². The van der Waals surface area contributed by atoms with E-state index < -0.39 is 94.6 Å². The molecule has 0 saturated carbocycles. The molecule has 2 aliphatic rings. The molecule has 38 heavy (non-hydrogen) atoms. The Morgan fingerprint density at radius 2 is 1.74 bits per heavy atom. The predicted molar refractivity (Wildman–Crippen MR) is 119 cm³/mol. The van der Waals surface area contributed by atoms with E-state index in [0.717, 1.165) is 23.8 Å². The fourth-order valence-electron chi connectivity index (χ4n) is 3.70. The maximum Gasteiger partial charge on any atom is 0.483 e. The van der Waals surface area contributed by atoms with Crippen LogP contribution >= 0.6 is 15.6 Å². The molecular weight excluding hydrogens is 564 g/mol. The molecule has 21 heteroatoms. The lowest BCUT2D eigenvalue weighted by Crippen LogP contribution is -2.63. The lowest BCUT2D eigenvalue weighted by Gasteiger charge is -2.41. The van der Waals surface area contributed by atoms with Crippen LogP contribution in [0.2, 0.25) is 0 Å². The molecule has 2 saturated heterocycles. The Hall–Kier alpha value is -1.83. The van der Waals surface area contributed by atoms with Crippen LogP contribution in [-0.2, 0) is 36.8 Å². The van der Waals surface area contributed by atoms with Gasteiger partial charge in [0.2, 0.25) is 5.91 Å². The van der Waals surface area contributed by atoms with Crippen molar-refractivity contribution in [2.75, 3.05) is 6.61 Å². The van der Waals surface area contributed by atoms with Crippen molar-refractivity contribution in [2.45, 2.75) is 69.0 Å². The molecular formula is C17H27N3O16P2. The molecule has 1 aromatic rings. The van der Waals surface area contributed by atoms with E-state index in [2.05, 4.69) is 14.2 Å². The zero-order valence-electron chi connectivity index (χ0n) is 19.7. The van der Waals surface area contributed by atoms with Gasteiger partial charge in [0.15, 0.2) is 12.5 Å². The van der Waals surface area contributed by atoms with Crippen LogP contribution in [0.3, 0.4) is 0 Å². The van der Waals surface area contributed by atoms with Gasteiger partial charge in [-0.1, -0.05) is 0 Å². The second-order valence-corrected chi connectivity index (χ2v) is 11.4. The first kappa shape index (κ1) is 30.7. The number of nitrogens with one attached hydrogen (secondary N) is 2. The fourth-order valence-corrected chi connectivity index (χ4v) is 5.87.